The van der Waals surface area contributed by atoms with Gasteiger partial charge in [0, 0.05) is 19.0 Å². The predicted octanol–water partition coefficient (Wildman–Crippen LogP) is 3.91. The van der Waals surface area contributed by atoms with E-state index in [2.05, 4.69) is 5.32 Å². The Morgan fingerprint density at radius 3 is 2.43 bits per heavy atom. The van der Waals surface area contributed by atoms with Crippen molar-refractivity contribution in [2.24, 2.45) is 0 Å². The highest BCUT2D eigenvalue weighted by atomic mass is 19.1. The van der Waals surface area contributed by atoms with E-state index in [1.165, 1.54) is 24.1 Å². The molecule has 1 N–H and O–H groups in total. The Labute approximate surface area is 175 Å². The average molecular weight is 408 g/mol. The van der Waals surface area contributed by atoms with E-state index in [1.54, 1.807) is 12.1 Å². The van der Waals surface area contributed by atoms with Gasteiger partial charge in [0.1, 0.15) is 17.6 Å². The second-order valence-electron chi connectivity index (χ2n) is 6.95. The van der Waals surface area contributed by atoms with Crippen LogP contribution >= 0.6 is 0 Å². The van der Waals surface area contributed by atoms with Gasteiger partial charge in [-0.25, -0.2) is 4.39 Å². The van der Waals surface area contributed by atoms with Crippen molar-refractivity contribution in [1.29, 1.82) is 0 Å². The normalized spacial score (nSPS) is 11.7. The lowest BCUT2D eigenvalue weighted by Crippen LogP contribution is -2.49. The zero-order valence-corrected chi connectivity index (χ0v) is 17.1. The fourth-order valence-electron chi connectivity index (χ4n) is 3.42. The Morgan fingerprint density at radius 1 is 1.03 bits per heavy atom. The molecule has 0 unspecified atom stereocenters. The number of benzene rings is 3. The van der Waals surface area contributed by atoms with Gasteiger partial charge >= 0.3 is 0 Å². The third-order valence-electron chi connectivity index (χ3n) is 5.00. The highest BCUT2D eigenvalue weighted by Crippen LogP contribution is 2.25. The van der Waals surface area contributed by atoms with Crippen LogP contribution in [0.15, 0.2) is 66.7 Å². The Hall–Kier alpha value is -3.41. The lowest BCUT2D eigenvalue weighted by molar-refractivity contribution is -0.142. The van der Waals surface area contributed by atoms with Crippen molar-refractivity contribution < 1.29 is 18.7 Å². The van der Waals surface area contributed by atoms with Crippen molar-refractivity contribution in [3.63, 3.8) is 0 Å². The summed E-state index contributed by atoms with van der Waals surface area (Å²) in [7, 11) is 1.54. The van der Waals surface area contributed by atoms with Gasteiger partial charge in [-0.05, 0) is 35.6 Å². The first-order valence-electron chi connectivity index (χ1n) is 9.89. The number of carbonyl (C=O) groups is 2. The summed E-state index contributed by atoms with van der Waals surface area (Å²) >= 11 is 0. The maximum atomic E-state index is 13.3. The second-order valence-corrected chi connectivity index (χ2v) is 6.95. The van der Waals surface area contributed by atoms with Gasteiger partial charge in [0.25, 0.3) is 5.91 Å². The lowest BCUT2D eigenvalue weighted by Gasteiger charge is -2.30. The van der Waals surface area contributed by atoms with Crippen molar-refractivity contribution >= 4 is 22.6 Å². The molecule has 1 atom stereocenters. The molecule has 5 nitrogen and oxygen atoms in total. The van der Waals surface area contributed by atoms with Crippen LogP contribution in [-0.2, 0) is 16.1 Å². The van der Waals surface area contributed by atoms with E-state index in [1.807, 2.05) is 49.4 Å². The number of hydrogen-bond donors (Lipinski definition) is 1. The van der Waals surface area contributed by atoms with Crippen molar-refractivity contribution in [1.82, 2.24) is 10.2 Å². The zero-order valence-electron chi connectivity index (χ0n) is 17.1. The van der Waals surface area contributed by atoms with Crippen LogP contribution in [0.5, 0.6) is 5.75 Å². The predicted molar refractivity (Wildman–Crippen MR) is 115 cm³/mol. The fraction of sp³-hybridized carbons (Fsp3) is 0.250. The fourth-order valence-corrected chi connectivity index (χ4v) is 3.42. The molecule has 0 saturated carbocycles. The SMILES string of the molecule is CC[C@H](C(=O)NC)N(Cc1ccc(F)cc1)C(=O)COc1cccc2ccccc12. The first-order chi connectivity index (χ1) is 14.5. The Balaban J connectivity index is 1.81. The molecule has 0 bridgehead atoms. The number of amides is 2. The molecule has 3 rings (SSSR count). The molecule has 0 aliphatic carbocycles. The highest BCUT2D eigenvalue weighted by molar-refractivity contribution is 5.90. The number of likely N-dealkylation sites (N-methyl/N-ethyl adjacent to an activating group) is 1. The number of halogens is 1. The summed E-state index contributed by atoms with van der Waals surface area (Å²) in [6.07, 6.45) is 0.445. The molecule has 0 saturated heterocycles. The van der Waals surface area contributed by atoms with E-state index < -0.39 is 6.04 Å². The zero-order chi connectivity index (χ0) is 21.5. The molecule has 6 heteroatoms. The van der Waals surface area contributed by atoms with Crippen LogP contribution in [0, 0.1) is 5.82 Å². The smallest absolute Gasteiger partial charge is 0.261 e. The van der Waals surface area contributed by atoms with Gasteiger partial charge in [-0.2, -0.15) is 0 Å². The molecule has 0 aliphatic heterocycles. The molecule has 0 spiro atoms. The standard InChI is InChI=1S/C24H25FN2O3/c1-3-21(24(29)26-2)27(15-17-11-13-19(25)14-12-17)23(28)16-30-22-10-6-8-18-7-4-5-9-20(18)22/h4-14,21H,3,15-16H2,1-2H3,(H,26,29)/t21-/m1/s1. The summed E-state index contributed by atoms with van der Waals surface area (Å²) in [6.45, 7) is 1.82. The summed E-state index contributed by atoms with van der Waals surface area (Å²) in [5.74, 6) is -0.314. The number of nitrogens with one attached hydrogen (secondary N) is 1. The number of nitrogens with zero attached hydrogens (tertiary/aromatic N) is 1. The van der Waals surface area contributed by atoms with Gasteiger partial charge in [-0.15, -0.1) is 0 Å². The lowest BCUT2D eigenvalue weighted by atomic mass is 10.1. The van der Waals surface area contributed by atoms with Crippen LogP contribution in [-0.4, -0.2) is 36.4 Å². The number of hydrogen-bond acceptors (Lipinski definition) is 3. The van der Waals surface area contributed by atoms with E-state index in [9.17, 15) is 14.0 Å². The molecule has 0 fully saturated rings. The van der Waals surface area contributed by atoms with Gasteiger partial charge in [-0.1, -0.05) is 55.5 Å². The van der Waals surface area contributed by atoms with Gasteiger partial charge in [0.2, 0.25) is 5.91 Å². The number of fused-ring (bicyclic) bond motifs is 1. The van der Waals surface area contributed by atoms with Crippen LogP contribution < -0.4 is 10.1 Å². The van der Waals surface area contributed by atoms with Gasteiger partial charge in [0.05, 0.1) is 0 Å². The minimum absolute atomic E-state index is 0.184. The Morgan fingerprint density at radius 2 is 1.73 bits per heavy atom. The number of ether oxygens (including phenoxy) is 1. The quantitative estimate of drug-likeness (QED) is 0.615. The van der Waals surface area contributed by atoms with Gasteiger partial charge in [0.15, 0.2) is 6.61 Å². The topological polar surface area (TPSA) is 58.6 Å². The van der Waals surface area contributed by atoms with Gasteiger partial charge < -0.3 is 15.0 Å². The van der Waals surface area contributed by atoms with Crippen LogP contribution in [0.3, 0.4) is 0 Å². The molecule has 156 valence electrons. The van der Waals surface area contributed by atoms with Crippen LogP contribution in [0.25, 0.3) is 10.8 Å². The summed E-state index contributed by atoms with van der Waals surface area (Å²) in [6, 6.07) is 18.7. The first kappa shape index (κ1) is 21.3. The van der Waals surface area contributed by atoms with Crippen LogP contribution in [0.2, 0.25) is 0 Å². The molecule has 2 amide bonds. The van der Waals surface area contributed by atoms with E-state index >= 15 is 0 Å². The van der Waals surface area contributed by atoms with Crippen LogP contribution in [0.1, 0.15) is 18.9 Å². The summed E-state index contributed by atoms with van der Waals surface area (Å²) in [5.41, 5.74) is 0.734. The molecule has 0 aromatic heterocycles. The van der Waals surface area contributed by atoms with E-state index in [4.69, 9.17) is 4.74 Å². The molecule has 3 aromatic rings. The minimum Gasteiger partial charge on any atom is -0.483 e. The summed E-state index contributed by atoms with van der Waals surface area (Å²) in [4.78, 5) is 27.0. The summed E-state index contributed by atoms with van der Waals surface area (Å²) in [5, 5.41) is 4.54. The van der Waals surface area contributed by atoms with E-state index in [0.717, 1.165) is 16.3 Å². The van der Waals surface area contributed by atoms with Crippen molar-refractivity contribution in [3.05, 3.63) is 78.1 Å². The number of rotatable bonds is 8. The van der Waals surface area contributed by atoms with Crippen molar-refractivity contribution in [2.45, 2.75) is 25.9 Å². The van der Waals surface area contributed by atoms with Crippen molar-refractivity contribution in [3.8, 4) is 5.75 Å². The molecule has 30 heavy (non-hydrogen) atoms. The molecule has 0 heterocycles. The summed E-state index contributed by atoms with van der Waals surface area (Å²) < 4.78 is 19.1. The molecule has 3 aromatic carbocycles. The minimum atomic E-state index is -0.649. The largest absolute Gasteiger partial charge is 0.483 e. The molecule has 0 radical (unpaired) electrons. The Bertz CT molecular complexity index is 1020. The maximum Gasteiger partial charge on any atom is 0.261 e. The number of carbonyl (C=O) groups excluding carboxylic acids is 2. The first-order valence-corrected chi connectivity index (χ1v) is 9.89. The second kappa shape index (κ2) is 9.87. The average Bonchev–Trinajstić information content (AvgIpc) is 2.78. The monoisotopic (exact) mass is 408 g/mol. The van der Waals surface area contributed by atoms with E-state index in [0.29, 0.717) is 12.2 Å². The highest BCUT2D eigenvalue weighted by Gasteiger charge is 2.28. The van der Waals surface area contributed by atoms with E-state index in [-0.39, 0.29) is 30.8 Å². The molecule has 0 aliphatic rings. The maximum absolute atomic E-state index is 13.3. The van der Waals surface area contributed by atoms with Gasteiger partial charge in [-0.3, -0.25) is 9.59 Å². The Kier molecular flexibility index (Phi) is 7.01. The molecular formula is C24H25FN2O3. The van der Waals surface area contributed by atoms with Crippen LogP contribution in [0.4, 0.5) is 4.39 Å². The third-order valence-corrected chi connectivity index (χ3v) is 5.00. The third kappa shape index (κ3) is 4.95. The molecular weight excluding hydrogens is 383 g/mol. The van der Waals surface area contributed by atoms with Crippen molar-refractivity contribution in [2.75, 3.05) is 13.7 Å².